The number of nitrogens with zero attached hydrogens (tertiary/aromatic N) is 6. The van der Waals surface area contributed by atoms with Gasteiger partial charge in [0, 0.05) is 31.4 Å². The third-order valence-corrected chi connectivity index (χ3v) is 5.91. The van der Waals surface area contributed by atoms with E-state index in [0.29, 0.717) is 19.4 Å². The van der Waals surface area contributed by atoms with Crippen molar-refractivity contribution < 1.29 is 22.4 Å². The molecule has 1 aliphatic heterocycles. The molecule has 11 heteroatoms. The molecule has 4 rings (SSSR count). The van der Waals surface area contributed by atoms with Gasteiger partial charge >= 0.3 is 6.18 Å². The average Bonchev–Trinajstić information content (AvgIpc) is 3.32. The molecule has 0 spiro atoms. The maximum absolute atomic E-state index is 14.8. The van der Waals surface area contributed by atoms with Crippen LogP contribution in [0.1, 0.15) is 47.9 Å². The fourth-order valence-corrected chi connectivity index (χ4v) is 4.22. The average molecular weight is 462 g/mol. The van der Waals surface area contributed by atoms with E-state index in [9.17, 15) is 22.4 Å². The Balaban J connectivity index is 1.56. The van der Waals surface area contributed by atoms with Crippen molar-refractivity contribution in [2.24, 2.45) is 5.92 Å². The van der Waals surface area contributed by atoms with Gasteiger partial charge in [-0.15, -0.1) is 0 Å². The molecule has 0 unspecified atom stereocenters. The van der Waals surface area contributed by atoms with Gasteiger partial charge in [-0.2, -0.15) is 28.2 Å². The van der Waals surface area contributed by atoms with Crippen LogP contribution in [-0.4, -0.2) is 48.4 Å². The van der Waals surface area contributed by atoms with Gasteiger partial charge < -0.3 is 4.90 Å². The number of aromatic nitrogens is 5. The van der Waals surface area contributed by atoms with E-state index in [1.807, 2.05) is 6.92 Å². The first kappa shape index (κ1) is 22.8. The summed E-state index contributed by atoms with van der Waals surface area (Å²) in [6.07, 6.45) is 2.29. The van der Waals surface area contributed by atoms with E-state index in [4.69, 9.17) is 0 Å². The molecule has 0 radical (unpaired) electrons. The number of alkyl halides is 3. The molecule has 2 atom stereocenters. The van der Waals surface area contributed by atoms with Crippen molar-refractivity contribution >= 4 is 5.91 Å². The Labute approximate surface area is 187 Å². The second-order valence-electron chi connectivity index (χ2n) is 8.06. The van der Waals surface area contributed by atoms with Gasteiger partial charge in [0.2, 0.25) is 0 Å². The number of rotatable bonds is 5. The number of hydrogen-bond donors (Lipinski definition) is 0. The molecule has 1 fully saturated rings. The van der Waals surface area contributed by atoms with Gasteiger partial charge in [0.15, 0.2) is 0 Å². The van der Waals surface area contributed by atoms with Crippen molar-refractivity contribution in [2.45, 2.75) is 44.8 Å². The van der Waals surface area contributed by atoms with Crippen LogP contribution in [0.3, 0.4) is 0 Å². The van der Waals surface area contributed by atoms with Gasteiger partial charge in [0.1, 0.15) is 22.9 Å². The van der Waals surface area contributed by atoms with Crippen molar-refractivity contribution in [3.63, 3.8) is 0 Å². The first-order chi connectivity index (χ1) is 15.8. The Bertz CT molecular complexity index is 1100. The highest BCUT2D eigenvalue weighted by atomic mass is 19.4. The number of carbonyl (C=O) groups excluding carboxylic acids is 1. The summed E-state index contributed by atoms with van der Waals surface area (Å²) in [7, 11) is 0. The fraction of sp³-hybridized carbons (Fsp3) is 0.409. The Hall–Kier alpha value is -3.37. The van der Waals surface area contributed by atoms with E-state index < -0.39 is 23.5 Å². The SMILES string of the molecule is C[C@@H]1CCCN(C(=O)c2c(F)cccc2-n2nccn2)[C@@H]1CCc1ncc(C(F)(F)F)cn1. The second kappa shape index (κ2) is 9.24. The first-order valence-electron chi connectivity index (χ1n) is 10.6. The maximum atomic E-state index is 14.8. The zero-order chi connectivity index (χ0) is 23.6. The molecule has 0 bridgehead atoms. The van der Waals surface area contributed by atoms with Crippen LogP contribution in [0.2, 0.25) is 0 Å². The topological polar surface area (TPSA) is 76.8 Å². The lowest BCUT2D eigenvalue weighted by molar-refractivity contribution is -0.138. The molecule has 3 aromatic rings. The van der Waals surface area contributed by atoms with E-state index >= 15 is 0 Å². The molecular weight excluding hydrogens is 440 g/mol. The molecule has 7 nitrogen and oxygen atoms in total. The first-order valence-corrected chi connectivity index (χ1v) is 10.6. The second-order valence-corrected chi connectivity index (χ2v) is 8.06. The molecule has 1 aromatic carbocycles. The van der Waals surface area contributed by atoms with E-state index in [1.54, 1.807) is 11.0 Å². The molecule has 33 heavy (non-hydrogen) atoms. The number of likely N-dealkylation sites (tertiary alicyclic amines) is 1. The molecule has 1 saturated heterocycles. The Morgan fingerprint density at radius 3 is 2.52 bits per heavy atom. The molecule has 3 heterocycles. The van der Waals surface area contributed by atoms with E-state index in [1.165, 1.54) is 29.3 Å². The summed E-state index contributed by atoms with van der Waals surface area (Å²) in [6, 6.07) is 4.05. The molecule has 0 aliphatic carbocycles. The zero-order valence-corrected chi connectivity index (χ0v) is 17.8. The number of piperidine rings is 1. The van der Waals surface area contributed by atoms with Gasteiger partial charge in [-0.05, 0) is 37.3 Å². The van der Waals surface area contributed by atoms with Crippen LogP contribution < -0.4 is 0 Å². The van der Waals surface area contributed by atoms with Crippen LogP contribution in [-0.2, 0) is 12.6 Å². The van der Waals surface area contributed by atoms with Gasteiger partial charge in [-0.3, -0.25) is 4.79 Å². The standard InChI is InChI=1S/C22H22F4N6O/c1-14-4-3-11-31(17(14)7-8-19-27-12-15(13-28-19)22(24,25)26)21(33)20-16(23)5-2-6-18(20)32-29-9-10-30-32/h2,5-6,9-10,12-14,17H,3-4,7-8,11H2,1H3/t14-,17-/m1/s1. The van der Waals surface area contributed by atoms with Gasteiger partial charge in [-0.25, -0.2) is 14.4 Å². The normalized spacial score (nSPS) is 19.0. The van der Waals surface area contributed by atoms with Crippen LogP contribution in [0.25, 0.3) is 5.69 Å². The summed E-state index contributed by atoms with van der Waals surface area (Å²) in [4.78, 5) is 24.0. The summed E-state index contributed by atoms with van der Waals surface area (Å²) >= 11 is 0. The number of carbonyl (C=O) groups is 1. The van der Waals surface area contributed by atoms with Gasteiger partial charge in [-0.1, -0.05) is 13.0 Å². The molecule has 1 amide bonds. The third-order valence-electron chi connectivity index (χ3n) is 5.91. The Morgan fingerprint density at radius 1 is 1.15 bits per heavy atom. The predicted molar refractivity (Wildman–Crippen MR) is 110 cm³/mol. The largest absolute Gasteiger partial charge is 0.419 e. The lowest BCUT2D eigenvalue weighted by atomic mass is 9.87. The quantitative estimate of drug-likeness (QED) is 0.534. The van der Waals surface area contributed by atoms with Crippen molar-refractivity contribution in [2.75, 3.05) is 6.54 Å². The van der Waals surface area contributed by atoms with Crippen molar-refractivity contribution in [3.8, 4) is 5.69 Å². The lowest BCUT2D eigenvalue weighted by Gasteiger charge is -2.40. The van der Waals surface area contributed by atoms with Crippen molar-refractivity contribution in [1.29, 1.82) is 0 Å². The van der Waals surface area contributed by atoms with Gasteiger partial charge in [0.05, 0.1) is 18.0 Å². The van der Waals surface area contributed by atoms with Crippen molar-refractivity contribution in [3.05, 3.63) is 65.8 Å². The number of hydrogen-bond acceptors (Lipinski definition) is 5. The number of amides is 1. The highest BCUT2D eigenvalue weighted by Crippen LogP contribution is 2.31. The summed E-state index contributed by atoms with van der Waals surface area (Å²) in [5.74, 6) is -0.751. The Morgan fingerprint density at radius 2 is 1.85 bits per heavy atom. The number of aryl methyl sites for hydroxylation is 1. The molecule has 0 N–H and O–H groups in total. The Kier molecular flexibility index (Phi) is 6.39. The van der Waals surface area contributed by atoms with E-state index in [2.05, 4.69) is 20.2 Å². The van der Waals surface area contributed by atoms with Gasteiger partial charge in [0.25, 0.3) is 5.91 Å². The highest BCUT2D eigenvalue weighted by Gasteiger charge is 2.35. The summed E-state index contributed by atoms with van der Waals surface area (Å²) in [5, 5.41) is 8.04. The maximum Gasteiger partial charge on any atom is 0.419 e. The van der Waals surface area contributed by atoms with E-state index in [0.717, 1.165) is 25.2 Å². The van der Waals surface area contributed by atoms with Crippen LogP contribution in [0, 0.1) is 11.7 Å². The number of benzene rings is 1. The lowest BCUT2D eigenvalue weighted by Crippen LogP contribution is -2.48. The molecular formula is C22H22F4N6O. The minimum Gasteiger partial charge on any atom is -0.335 e. The molecule has 0 saturated carbocycles. The zero-order valence-electron chi connectivity index (χ0n) is 17.8. The molecule has 1 aliphatic rings. The molecule has 174 valence electrons. The van der Waals surface area contributed by atoms with Crippen molar-refractivity contribution in [1.82, 2.24) is 29.9 Å². The summed E-state index contributed by atoms with van der Waals surface area (Å²) in [5.41, 5.74) is -0.778. The third kappa shape index (κ3) is 4.86. The monoisotopic (exact) mass is 462 g/mol. The minimum absolute atomic E-state index is 0.112. The number of halogens is 4. The molecule has 2 aromatic heterocycles. The van der Waals surface area contributed by atoms with Crippen LogP contribution in [0.5, 0.6) is 0 Å². The summed E-state index contributed by atoms with van der Waals surface area (Å²) in [6.45, 7) is 2.46. The fourth-order valence-electron chi connectivity index (χ4n) is 4.22. The summed E-state index contributed by atoms with van der Waals surface area (Å²) < 4.78 is 53.1. The predicted octanol–water partition coefficient (Wildman–Crippen LogP) is 4.09. The smallest absolute Gasteiger partial charge is 0.335 e. The highest BCUT2D eigenvalue weighted by molar-refractivity contribution is 5.98. The van der Waals surface area contributed by atoms with Crippen LogP contribution in [0.4, 0.5) is 17.6 Å². The van der Waals surface area contributed by atoms with E-state index in [-0.39, 0.29) is 29.0 Å². The van der Waals surface area contributed by atoms with Crippen LogP contribution in [0.15, 0.2) is 43.0 Å². The van der Waals surface area contributed by atoms with Crippen LogP contribution >= 0.6 is 0 Å². The minimum atomic E-state index is -4.50.